The number of halogens is 2. The van der Waals surface area contributed by atoms with Gasteiger partial charge in [0.1, 0.15) is 29.8 Å². The predicted molar refractivity (Wildman–Crippen MR) is 91.7 cm³/mol. The van der Waals surface area contributed by atoms with Crippen molar-refractivity contribution in [1.82, 2.24) is 0 Å². The second kappa shape index (κ2) is 9.65. The highest BCUT2D eigenvalue weighted by Crippen LogP contribution is 2.18. The van der Waals surface area contributed by atoms with E-state index in [2.05, 4.69) is 0 Å². The van der Waals surface area contributed by atoms with Gasteiger partial charge in [-0.15, -0.1) is 0 Å². The lowest BCUT2D eigenvalue weighted by molar-refractivity contribution is -0.144. The van der Waals surface area contributed by atoms with Crippen LogP contribution >= 0.6 is 0 Å². The molecule has 6 heteroatoms. The number of hydrogen-bond donors (Lipinski definition) is 0. The highest BCUT2D eigenvalue weighted by Gasteiger charge is 2.10. The van der Waals surface area contributed by atoms with E-state index < -0.39 is 11.6 Å². The maximum absolute atomic E-state index is 13.5. The highest BCUT2D eigenvalue weighted by molar-refractivity contribution is 5.84. The first-order chi connectivity index (χ1) is 12.5. The second-order valence-electron chi connectivity index (χ2n) is 5.65. The number of rotatable bonds is 9. The molecule has 0 radical (unpaired) electrons. The van der Waals surface area contributed by atoms with Gasteiger partial charge in [0.25, 0.3) is 0 Å². The summed E-state index contributed by atoms with van der Waals surface area (Å²) in [6, 6.07) is 10.3. The zero-order valence-corrected chi connectivity index (χ0v) is 14.5. The van der Waals surface area contributed by atoms with Gasteiger partial charge in [0.15, 0.2) is 0 Å². The molecule has 138 valence electrons. The van der Waals surface area contributed by atoms with E-state index in [-0.39, 0.29) is 43.2 Å². The molecule has 0 aromatic heterocycles. The number of hydrogen-bond acceptors (Lipinski definition) is 4. The summed E-state index contributed by atoms with van der Waals surface area (Å²) in [4.78, 5) is 23.1. The quantitative estimate of drug-likeness (QED) is 0.633. The van der Waals surface area contributed by atoms with Crippen molar-refractivity contribution in [2.24, 2.45) is 0 Å². The van der Waals surface area contributed by atoms with Crippen molar-refractivity contribution in [1.29, 1.82) is 0 Å². The minimum Gasteiger partial charge on any atom is -0.489 e. The number of carbonyl (C=O) groups excluding carboxylic acids is 2. The standard InChI is InChI=1S/C20H20F2O4/c1-2-25-20(24)11-8-15(23)12-14-6-9-16(10-7-14)26-13-17-18(21)4-3-5-19(17)22/h3-7,9-10H,2,8,11-13H2,1H3. The molecule has 2 aromatic carbocycles. The molecule has 0 bridgehead atoms. The van der Waals surface area contributed by atoms with Crippen LogP contribution in [0.5, 0.6) is 5.75 Å². The lowest BCUT2D eigenvalue weighted by atomic mass is 10.1. The normalized spacial score (nSPS) is 10.4. The third-order valence-corrected chi connectivity index (χ3v) is 3.68. The summed E-state index contributed by atoms with van der Waals surface area (Å²) in [6.07, 6.45) is 0.396. The average Bonchev–Trinajstić information content (AvgIpc) is 2.61. The maximum atomic E-state index is 13.5. The van der Waals surface area contributed by atoms with Crippen molar-refractivity contribution in [3.8, 4) is 5.75 Å². The van der Waals surface area contributed by atoms with E-state index in [1.807, 2.05) is 0 Å². The molecule has 0 aliphatic rings. The Labute approximate surface area is 150 Å². The Kier molecular flexibility index (Phi) is 7.26. The van der Waals surface area contributed by atoms with Gasteiger partial charge in [-0.25, -0.2) is 8.78 Å². The minimum absolute atomic E-state index is 0.0693. The van der Waals surface area contributed by atoms with Gasteiger partial charge in [-0.2, -0.15) is 0 Å². The Bertz CT molecular complexity index is 737. The van der Waals surface area contributed by atoms with Crippen molar-refractivity contribution in [2.45, 2.75) is 32.8 Å². The molecule has 26 heavy (non-hydrogen) atoms. The Morgan fingerprint density at radius 3 is 2.23 bits per heavy atom. The van der Waals surface area contributed by atoms with Crippen LogP contribution in [0.2, 0.25) is 0 Å². The zero-order chi connectivity index (χ0) is 18.9. The number of Topliss-reactive ketones (excluding diaryl/α,β-unsaturated/α-hetero) is 1. The fourth-order valence-electron chi connectivity index (χ4n) is 2.32. The van der Waals surface area contributed by atoms with Gasteiger partial charge in [0, 0.05) is 12.8 Å². The van der Waals surface area contributed by atoms with Crippen LogP contribution in [0.15, 0.2) is 42.5 Å². The summed E-state index contributed by atoms with van der Waals surface area (Å²) >= 11 is 0. The Hall–Kier alpha value is -2.76. The van der Waals surface area contributed by atoms with Crippen LogP contribution in [0.3, 0.4) is 0 Å². The number of benzene rings is 2. The van der Waals surface area contributed by atoms with E-state index in [0.717, 1.165) is 5.56 Å². The molecule has 0 fully saturated rings. The lowest BCUT2D eigenvalue weighted by Gasteiger charge is -2.09. The van der Waals surface area contributed by atoms with Crippen LogP contribution in [0.25, 0.3) is 0 Å². The fourth-order valence-corrected chi connectivity index (χ4v) is 2.32. The van der Waals surface area contributed by atoms with Crippen LogP contribution in [-0.2, 0) is 27.4 Å². The minimum atomic E-state index is -0.659. The molecule has 2 rings (SSSR count). The van der Waals surface area contributed by atoms with Gasteiger partial charge in [-0.1, -0.05) is 18.2 Å². The van der Waals surface area contributed by atoms with E-state index in [1.54, 1.807) is 31.2 Å². The van der Waals surface area contributed by atoms with Gasteiger partial charge in [0.2, 0.25) is 0 Å². The van der Waals surface area contributed by atoms with Crippen LogP contribution < -0.4 is 4.74 Å². The molecule has 0 heterocycles. The first kappa shape index (κ1) is 19.6. The van der Waals surface area contributed by atoms with Crippen molar-refractivity contribution in [3.05, 3.63) is 65.2 Å². The molecule has 0 unspecified atom stereocenters. The van der Waals surface area contributed by atoms with Crippen molar-refractivity contribution < 1.29 is 27.8 Å². The third kappa shape index (κ3) is 5.95. The summed E-state index contributed by atoms with van der Waals surface area (Å²) in [5, 5.41) is 0. The van der Waals surface area contributed by atoms with E-state index in [4.69, 9.17) is 9.47 Å². The van der Waals surface area contributed by atoms with Gasteiger partial charge < -0.3 is 9.47 Å². The average molecular weight is 362 g/mol. The van der Waals surface area contributed by atoms with E-state index in [0.29, 0.717) is 12.4 Å². The van der Waals surface area contributed by atoms with E-state index >= 15 is 0 Å². The van der Waals surface area contributed by atoms with Crippen molar-refractivity contribution in [3.63, 3.8) is 0 Å². The molecule has 0 saturated carbocycles. The largest absolute Gasteiger partial charge is 0.489 e. The first-order valence-electron chi connectivity index (χ1n) is 8.31. The maximum Gasteiger partial charge on any atom is 0.306 e. The first-order valence-corrected chi connectivity index (χ1v) is 8.31. The smallest absolute Gasteiger partial charge is 0.306 e. The van der Waals surface area contributed by atoms with Crippen LogP contribution in [-0.4, -0.2) is 18.4 Å². The van der Waals surface area contributed by atoms with Gasteiger partial charge >= 0.3 is 5.97 Å². The van der Waals surface area contributed by atoms with Gasteiger partial charge in [0.05, 0.1) is 18.6 Å². The Balaban J connectivity index is 1.84. The summed E-state index contributed by atoms with van der Waals surface area (Å²) in [5.41, 5.74) is 0.633. The molecule has 0 aliphatic heterocycles. The SMILES string of the molecule is CCOC(=O)CCC(=O)Cc1ccc(OCc2c(F)cccc2F)cc1. The molecule has 0 atom stereocenters. The molecule has 0 saturated heterocycles. The highest BCUT2D eigenvalue weighted by atomic mass is 19.1. The van der Waals surface area contributed by atoms with Crippen molar-refractivity contribution in [2.75, 3.05) is 6.61 Å². The van der Waals surface area contributed by atoms with E-state index in [9.17, 15) is 18.4 Å². The van der Waals surface area contributed by atoms with E-state index in [1.165, 1.54) is 18.2 Å². The molecule has 4 nitrogen and oxygen atoms in total. The molecule has 0 amide bonds. The molecule has 0 spiro atoms. The summed E-state index contributed by atoms with van der Waals surface area (Å²) < 4.78 is 37.3. The molecular weight excluding hydrogens is 342 g/mol. The molecule has 0 aliphatic carbocycles. The predicted octanol–water partition coefficient (Wildman–Crippen LogP) is 4.00. The van der Waals surface area contributed by atoms with Gasteiger partial charge in [-0.3, -0.25) is 9.59 Å². The number of ether oxygens (including phenoxy) is 2. The van der Waals surface area contributed by atoms with Gasteiger partial charge in [-0.05, 0) is 36.8 Å². The zero-order valence-electron chi connectivity index (χ0n) is 14.5. The fraction of sp³-hybridized carbons (Fsp3) is 0.300. The Morgan fingerprint density at radius 2 is 1.62 bits per heavy atom. The third-order valence-electron chi connectivity index (χ3n) is 3.68. The van der Waals surface area contributed by atoms with Crippen molar-refractivity contribution >= 4 is 11.8 Å². The number of ketones is 1. The number of carbonyl (C=O) groups is 2. The second-order valence-corrected chi connectivity index (χ2v) is 5.65. The monoisotopic (exact) mass is 362 g/mol. The summed E-state index contributed by atoms with van der Waals surface area (Å²) in [5.74, 6) is -1.33. The summed E-state index contributed by atoms with van der Waals surface area (Å²) in [7, 11) is 0. The molecular formula is C20H20F2O4. The van der Waals surface area contributed by atoms with Crippen LogP contribution in [0, 0.1) is 11.6 Å². The molecule has 2 aromatic rings. The number of esters is 1. The summed E-state index contributed by atoms with van der Waals surface area (Å²) in [6.45, 7) is 1.78. The lowest BCUT2D eigenvalue weighted by Crippen LogP contribution is -2.09. The van der Waals surface area contributed by atoms with Crippen LogP contribution in [0.1, 0.15) is 30.9 Å². The topological polar surface area (TPSA) is 52.6 Å². The van der Waals surface area contributed by atoms with Crippen LogP contribution in [0.4, 0.5) is 8.78 Å². The molecule has 0 N–H and O–H groups in total. The Morgan fingerprint density at radius 1 is 0.962 bits per heavy atom.